The molecule has 0 aliphatic rings. The average Bonchev–Trinajstić information content (AvgIpc) is 2.67. The van der Waals surface area contributed by atoms with Gasteiger partial charge in [-0.15, -0.1) is 0 Å². The predicted octanol–water partition coefficient (Wildman–Crippen LogP) is 2.89. The van der Waals surface area contributed by atoms with E-state index in [4.69, 9.17) is 9.47 Å². The van der Waals surface area contributed by atoms with E-state index in [1.54, 1.807) is 38.1 Å². The molecule has 0 spiro atoms. The second-order valence-electron chi connectivity index (χ2n) is 6.01. The van der Waals surface area contributed by atoms with Gasteiger partial charge in [-0.05, 0) is 51.5 Å². The van der Waals surface area contributed by atoms with Crippen molar-refractivity contribution in [3.63, 3.8) is 0 Å². The monoisotopic (exact) mass is 391 g/mol. The lowest BCUT2D eigenvalue weighted by Crippen LogP contribution is -2.27. The Morgan fingerprint density at radius 2 is 1.64 bits per heavy atom. The summed E-state index contributed by atoms with van der Waals surface area (Å²) < 4.78 is 10.3. The van der Waals surface area contributed by atoms with Crippen molar-refractivity contribution in [1.29, 1.82) is 0 Å². The van der Waals surface area contributed by atoms with Crippen LogP contribution in [0, 0.1) is 5.92 Å². The third kappa shape index (κ3) is 8.20. The van der Waals surface area contributed by atoms with Crippen molar-refractivity contribution in [3.05, 3.63) is 24.3 Å². The molecule has 2 N–H and O–H groups in total. The van der Waals surface area contributed by atoms with Crippen molar-refractivity contribution >= 4 is 29.2 Å². The van der Waals surface area contributed by atoms with Crippen molar-refractivity contribution in [3.8, 4) is 5.75 Å². The van der Waals surface area contributed by atoms with Gasteiger partial charge in [-0.2, -0.15) is 5.10 Å². The van der Waals surface area contributed by atoms with Gasteiger partial charge in [-0.1, -0.05) is 6.92 Å². The van der Waals surface area contributed by atoms with Crippen LogP contribution in [0.25, 0.3) is 0 Å². The van der Waals surface area contributed by atoms with Crippen LogP contribution in [0.1, 0.15) is 47.0 Å². The average molecular weight is 391 g/mol. The summed E-state index contributed by atoms with van der Waals surface area (Å²) in [6.07, 6.45) is 0.521. The van der Waals surface area contributed by atoms with E-state index in [2.05, 4.69) is 15.8 Å². The number of anilines is 1. The molecule has 0 bridgehead atoms. The molecule has 8 nitrogen and oxygen atoms in total. The SMILES string of the molecule is CCOC(=O)[C@@H](CC)/C(C)=N\NC(=O)CCC(=O)Nc1ccc(OCC)cc1. The highest BCUT2D eigenvalue weighted by atomic mass is 16.5. The van der Waals surface area contributed by atoms with E-state index >= 15 is 0 Å². The predicted molar refractivity (Wildman–Crippen MR) is 107 cm³/mol. The van der Waals surface area contributed by atoms with Crippen LogP contribution in [0.4, 0.5) is 5.69 Å². The van der Waals surface area contributed by atoms with Crippen molar-refractivity contribution in [2.45, 2.75) is 47.0 Å². The van der Waals surface area contributed by atoms with Crippen LogP contribution >= 0.6 is 0 Å². The topological polar surface area (TPSA) is 106 Å². The lowest BCUT2D eigenvalue weighted by molar-refractivity contribution is -0.145. The van der Waals surface area contributed by atoms with Gasteiger partial charge in [0.05, 0.1) is 19.1 Å². The number of hydrogen-bond donors (Lipinski definition) is 2. The summed E-state index contributed by atoms with van der Waals surface area (Å²) in [6, 6.07) is 6.99. The second kappa shape index (κ2) is 12.5. The van der Waals surface area contributed by atoms with Gasteiger partial charge in [0.1, 0.15) is 5.75 Å². The third-order valence-corrected chi connectivity index (χ3v) is 3.87. The third-order valence-electron chi connectivity index (χ3n) is 3.87. The minimum Gasteiger partial charge on any atom is -0.494 e. The minimum atomic E-state index is -0.497. The van der Waals surface area contributed by atoms with E-state index in [0.29, 0.717) is 31.0 Å². The maximum absolute atomic E-state index is 12.0. The lowest BCUT2D eigenvalue weighted by atomic mass is 10.0. The van der Waals surface area contributed by atoms with Gasteiger partial charge in [0, 0.05) is 24.2 Å². The highest BCUT2D eigenvalue weighted by molar-refractivity contribution is 6.01. The lowest BCUT2D eigenvalue weighted by Gasteiger charge is -2.13. The number of carbonyl (C=O) groups excluding carboxylic acids is 3. The summed E-state index contributed by atoms with van der Waals surface area (Å²) in [6.45, 7) is 7.99. The molecule has 0 saturated heterocycles. The minimum absolute atomic E-state index is 0.0166. The molecule has 0 radical (unpaired) electrons. The normalized spacial score (nSPS) is 12.1. The zero-order valence-electron chi connectivity index (χ0n) is 16.9. The Morgan fingerprint density at radius 3 is 2.21 bits per heavy atom. The van der Waals surface area contributed by atoms with E-state index in [0.717, 1.165) is 5.75 Å². The number of hydrogen-bond acceptors (Lipinski definition) is 6. The second-order valence-corrected chi connectivity index (χ2v) is 6.01. The zero-order valence-corrected chi connectivity index (χ0v) is 16.9. The Bertz CT molecular complexity index is 686. The number of hydrazone groups is 1. The number of amides is 2. The van der Waals surface area contributed by atoms with Crippen LogP contribution in [0.3, 0.4) is 0 Å². The van der Waals surface area contributed by atoms with Gasteiger partial charge >= 0.3 is 5.97 Å². The molecule has 28 heavy (non-hydrogen) atoms. The fourth-order valence-corrected chi connectivity index (χ4v) is 2.41. The van der Waals surface area contributed by atoms with Crippen molar-refractivity contribution < 1.29 is 23.9 Å². The molecule has 154 valence electrons. The number of nitrogens with zero attached hydrogens (tertiary/aromatic N) is 1. The van der Waals surface area contributed by atoms with E-state index in [9.17, 15) is 14.4 Å². The van der Waals surface area contributed by atoms with Crippen LogP contribution in [-0.2, 0) is 19.1 Å². The summed E-state index contributed by atoms with van der Waals surface area (Å²) >= 11 is 0. The molecule has 1 rings (SSSR count). The van der Waals surface area contributed by atoms with Crippen LogP contribution in [0.5, 0.6) is 5.75 Å². The van der Waals surface area contributed by atoms with Gasteiger partial charge in [0.25, 0.3) is 0 Å². The van der Waals surface area contributed by atoms with E-state index in [1.807, 2.05) is 13.8 Å². The quantitative estimate of drug-likeness (QED) is 0.343. The van der Waals surface area contributed by atoms with E-state index < -0.39 is 11.8 Å². The number of esters is 1. The van der Waals surface area contributed by atoms with Crippen LogP contribution in [0.2, 0.25) is 0 Å². The fourth-order valence-electron chi connectivity index (χ4n) is 2.41. The Kier molecular flexibility index (Phi) is 10.3. The first-order valence-electron chi connectivity index (χ1n) is 9.43. The van der Waals surface area contributed by atoms with Crippen molar-refractivity contribution in [2.75, 3.05) is 18.5 Å². The zero-order chi connectivity index (χ0) is 20.9. The number of rotatable bonds is 11. The van der Waals surface area contributed by atoms with Gasteiger partial charge in [-0.25, -0.2) is 5.43 Å². The fraction of sp³-hybridized carbons (Fsp3) is 0.500. The molecular formula is C20H29N3O5. The number of benzene rings is 1. The van der Waals surface area contributed by atoms with Gasteiger partial charge in [0.15, 0.2) is 0 Å². The standard InChI is InChI=1S/C20H29N3O5/c1-5-17(20(26)28-7-3)14(4)22-23-19(25)13-12-18(24)21-15-8-10-16(11-9-15)27-6-2/h8-11,17H,5-7,12-13H2,1-4H3,(H,21,24)(H,23,25)/b22-14-/t17-/m0/s1. The Morgan fingerprint density at radius 1 is 1.00 bits per heavy atom. The van der Waals surface area contributed by atoms with Gasteiger partial charge in [0.2, 0.25) is 11.8 Å². The summed E-state index contributed by atoms with van der Waals surface area (Å²) in [7, 11) is 0. The highest BCUT2D eigenvalue weighted by Gasteiger charge is 2.21. The van der Waals surface area contributed by atoms with E-state index in [-0.39, 0.29) is 24.7 Å². The Labute approximate surface area is 165 Å². The van der Waals surface area contributed by atoms with E-state index in [1.165, 1.54) is 0 Å². The Hall–Kier alpha value is -2.90. The molecule has 2 amide bonds. The van der Waals surface area contributed by atoms with Crippen molar-refractivity contribution in [2.24, 2.45) is 11.0 Å². The molecule has 1 aromatic rings. The maximum atomic E-state index is 12.0. The van der Waals surface area contributed by atoms with Gasteiger partial charge < -0.3 is 14.8 Å². The molecule has 8 heteroatoms. The molecule has 0 fully saturated rings. The van der Waals surface area contributed by atoms with Crippen LogP contribution in [-0.4, -0.2) is 36.7 Å². The number of nitrogens with one attached hydrogen (secondary N) is 2. The molecule has 0 aromatic heterocycles. The molecule has 0 unspecified atom stereocenters. The van der Waals surface area contributed by atoms with Crippen molar-refractivity contribution in [1.82, 2.24) is 5.43 Å². The summed E-state index contributed by atoms with van der Waals surface area (Å²) in [5, 5.41) is 6.67. The first-order valence-corrected chi connectivity index (χ1v) is 9.43. The van der Waals surface area contributed by atoms with Gasteiger partial charge in [-0.3, -0.25) is 14.4 Å². The Balaban J connectivity index is 2.44. The number of carbonyl (C=O) groups is 3. The smallest absolute Gasteiger partial charge is 0.314 e. The molecule has 0 aliphatic heterocycles. The molecule has 1 aromatic carbocycles. The first-order chi connectivity index (χ1) is 13.4. The first kappa shape index (κ1) is 23.1. The molecule has 1 atom stereocenters. The summed E-state index contributed by atoms with van der Waals surface area (Å²) in [5.74, 6) is -0.822. The molecule has 0 saturated carbocycles. The molecular weight excluding hydrogens is 362 g/mol. The maximum Gasteiger partial charge on any atom is 0.314 e. The van der Waals surface area contributed by atoms with Crippen LogP contribution in [0.15, 0.2) is 29.4 Å². The highest BCUT2D eigenvalue weighted by Crippen LogP contribution is 2.16. The summed E-state index contributed by atoms with van der Waals surface area (Å²) in [5.41, 5.74) is 3.47. The molecule has 0 aliphatic carbocycles. The number of ether oxygens (including phenoxy) is 2. The molecule has 0 heterocycles. The largest absolute Gasteiger partial charge is 0.494 e. The summed E-state index contributed by atoms with van der Waals surface area (Å²) in [4.78, 5) is 35.7. The van der Waals surface area contributed by atoms with Crippen LogP contribution < -0.4 is 15.5 Å².